The highest BCUT2D eigenvalue weighted by molar-refractivity contribution is 6.35. The van der Waals surface area contributed by atoms with Crippen LogP contribution in [0.5, 0.6) is 0 Å². The summed E-state index contributed by atoms with van der Waals surface area (Å²) in [6.07, 6.45) is 1.51. The molecular weight excluding hydrogens is 366 g/mol. The van der Waals surface area contributed by atoms with Crippen molar-refractivity contribution in [2.75, 3.05) is 0 Å². The van der Waals surface area contributed by atoms with E-state index in [1.165, 1.54) is 30.5 Å². The van der Waals surface area contributed by atoms with Gasteiger partial charge in [0.15, 0.2) is 5.43 Å². The molecule has 2 aromatic carbocycles. The SMILES string of the molecule is O=C(Cn1ccc(=O)c2cc(F)ccc21)NCc1ccc(Cl)cc1Cl. The molecule has 0 bridgehead atoms. The lowest BCUT2D eigenvalue weighted by molar-refractivity contribution is -0.121. The third-order valence-corrected chi connectivity index (χ3v) is 4.33. The molecule has 0 saturated heterocycles. The Balaban J connectivity index is 1.76. The molecule has 0 aliphatic heterocycles. The Hall–Kier alpha value is -2.37. The van der Waals surface area contributed by atoms with E-state index >= 15 is 0 Å². The summed E-state index contributed by atoms with van der Waals surface area (Å²) >= 11 is 11.9. The lowest BCUT2D eigenvalue weighted by Crippen LogP contribution is -2.27. The fourth-order valence-corrected chi connectivity index (χ4v) is 2.97. The summed E-state index contributed by atoms with van der Waals surface area (Å²) in [6.45, 7) is 0.245. The lowest BCUT2D eigenvalue weighted by Gasteiger charge is -2.12. The first kappa shape index (κ1) is 17.5. The Morgan fingerprint density at radius 1 is 1.12 bits per heavy atom. The van der Waals surface area contributed by atoms with Crippen molar-refractivity contribution in [2.24, 2.45) is 0 Å². The van der Waals surface area contributed by atoms with Gasteiger partial charge in [-0.2, -0.15) is 0 Å². The summed E-state index contributed by atoms with van der Waals surface area (Å²) in [4.78, 5) is 24.0. The van der Waals surface area contributed by atoms with Crippen LogP contribution in [0.3, 0.4) is 0 Å². The van der Waals surface area contributed by atoms with E-state index in [1.807, 2.05) is 0 Å². The Labute approximate surface area is 152 Å². The van der Waals surface area contributed by atoms with Gasteiger partial charge in [-0.05, 0) is 35.9 Å². The first-order valence-corrected chi connectivity index (χ1v) is 8.19. The minimum absolute atomic E-state index is 0.00633. The van der Waals surface area contributed by atoms with Crippen molar-refractivity contribution in [3.05, 3.63) is 80.3 Å². The number of halogens is 3. The molecule has 1 N–H and O–H groups in total. The summed E-state index contributed by atoms with van der Waals surface area (Å²) in [5.41, 5.74) is 0.943. The molecular formula is C18H13Cl2FN2O2. The topological polar surface area (TPSA) is 51.1 Å². The van der Waals surface area contributed by atoms with Crippen LogP contribution in [-0.2, 0) is 17.9 Å². The van der Waals surface area contributed by atoms with Crippen LogP contribution in [0.25, 0.3) is 10.9 Å². The molecule has 0 fully saturated rings. The number of carbonyl (C=O) groups excluding carboxylic acids is 1. The van der Waals surface area contributed by atoms with Gasteiger partial charge in [0.25, 0.3) is 0 Å². The number of fused-ring (bicyclic) bond motifs is 1. The van der Waals surface area contributed by atoms with E-state index < -0.39 is 5.82 Å². The van der Waals surface area contributed by atoms with Gasteiger partial charge in [-0.15, -0.1) is 0 Å². The monoisotopic (exact) mass is 378 g/mol. The molecule has 0 atom stereocenters. The molecule has 0 unspecified atom stereocenters. The largest absolute Gasteiger partial charge is 0.350 e. The Kier molecular flexibility index (Phi) is 5.06. The summed E-state index contributed by atoms with van der Waals surface area (Å²) in [5, 5.41) is 3.98. The van der Waals surface area contributed by atoms with Gasteiger partial charge < -0.3 is 9.88 Å². The minimum Gasteiger partial charge on any atom is -0.350 e. The number of nitrogens with one attached hydrogen (secondary N) is 1. The second-order valence-electron chi connectivity index (χ2n) is 5.48. The van der Waals surface area contributed by atoms with Crippen LogP contribution < -0.4 is 10.7 Å². The zero-order valence-corrected chi connectivity index (χ0v) is 14.4. The fourth-order valence-electron chi connectivity index (χ4n) is 2.49. The zero-order valence-electron chi connectivity index (χ0n) is 12.9. The molecule has 0 aliphatic rings. The second kappa shape index (κ2) is 7.25. The van der Waals surface area contributed by atoms with E-state index in [1.54, 1.807) is 22.8 Å². The standard InChI is InChI=1S/C18H13Cl2FN2O2/c19-12-2-1-11(15(20)7-12)9-22-18(25)10-23-6-5-17(24)14-8-13(21)3-4-16(14)23/h1-8H,9-10H2,(H,22,25). The van der Waals surface area contributed by atoms with Crippen molar-refractivity contribution >= 4 is 40.0 Å². The van der Waals surface area contributed by atoms with Crippen LogP contribution in [0.2, 0.25) is 10.0 Å². The maximum Gasteiger partial charge on any atom is 0.240 e. The van der Waals surface area contributed by atoms with Crippen molar-refractivity contribution in [3.8, 4) is 0 Å². The molecule has 3 aromatic rings. The highest BCUT2D eigenvalue weighted by Crippen LogP contribution is 2.20. The van der Waals surface area contributed by atoms with Crippen LogP contribution in [0.4, 0.5) is 4.39 Å². The molecule has 1 amide bonds. The van der Waals surface area contributed by atoms with Crippen molar-refractivity contribution in [1.82, 2.24) is 9.88 Å². The Morgan fingerprint density at radius 3 is 2.68 bits per heavy atom. The van der Waals surface area contributed by atoms with Crippen LogP contribution in [0, 0.1) is 5.82 Å². The van der Waals surface area contributed by atoms with Crippen molar-refractivity contribution in [1.29, 1.82) is 0 Å². The van der Waals surface area contributed by atoms with Gasteiger partial charge in [-0.3, -0.25) is 9.59 Å². The summed E-state index contributed by atoms with van der Waals surface area (Å²) < 4.78 is 14.9. The molecule has 25 heavy (non-hydrogen) atoms. The molecule has 0 radical (unpaired) electrons. The number of amides is 1. The molecule has 0 spiro atoms. The maximum absolute atomic E-state index is 13.3. The van der Waals surface area contributed by atoms with E-state index in [2.05, 4.69) is 5.32 Å². The predicted octanol–water partition coefficient (Wildman–Crippen LogP) is 3.76. The zero-order chi connectivity index (χ0) is 18.0. The van der Waals surface area contributed by atoms with Gasteiger partial charge in [0.2, 0.25) is 5.91 Å². The molecule has 128 valence electrons. The Bertz CT molecular complexity index is 1020. The Morgan fingerprint density at radius 2 is 1.92 bits per heavy atom. The normalized spacial score (nSPS) is 10.8. The quantitative estimate of drug-likeness (QED) is 0.751. The summed E-state index contributed by atoms with van der Waals surface area (Å²) in [6, 6.07) is 10.2. The highest BCUT2D eigenvalue weighted by atomic mass is 35.5. The minimum atomic E-state index is -0.496. The number of pyridine rings is 1. The lowest BCUT2D eigenvalue weighted by atomic mass is 10.2. The third kappa shape index (κ3) is 4.00. The van der Waals surface area contributed by atoms with Gasteiger partial charge in [0.1, 0.15) is 12.4 Å². The molecule has 0 aliphatic carbocycles. The van der Waals surface area contributed by atoms with Crippen molar-refractivity contribution in [2.45, 2.75) is 13.1 Å². The van der Waals surface area contributed by atoms with Crippen LogP contribution in [0.15, 0.2) is 53.5 Å². The number of rotatable bonds is 4. The van der Waals surface area contributed by atoms with E-state index in [4.69, 9.17) is 23.2 Å². The van der Waals surface area contributed by atoms with Crippen molar-refractivity contribution in [3.63, 3.8) is 0 Å². The third-order valence-electron chi connectivity index (χ3n) is 3.74. The first-order valence-electron chi connectivity index (χ1n) is 7.43. The number of nitrogens with zero attached hydrogens (tertiary/aromatic N) is 1. The molecule has 7 heteroatoms. The van der Waals surface area contributed by atoms with Gasteiger partial charge in [0.05, 0.1) is 5.52 Å². The number of hydrogen-bond donors (Lipinski definition) is 1. The van der Waals surface area contributed by atoms with Gasteiger partial charge in [-0.1, -0.05) is 29.3 Å². The number of aromatic nitrogens is 1. The first-order chi connectivity index (χ1) is 11.9. The molecule has 1 heterocycles. The predicted molar refractivity (Wildman–Crippen MR) is 96.5 cm³/mol. The van der Waals surface area contributed by atoms with E-state index in [-0.39, 0.29) is 29.8 Å². The van der Waals surface area contributed by atoms with Crippen LogP contribution in [0.1, 0.15) is 5.56 Å². The second-order valence-corrected chi connectivity index (χ2v) is 6.33. The summed E-state index contributed by atoms with van der Waals surface area (Å²) in [5.74, 6) is -0.760. The smallest absolute Gasteiger partial charge is 0.240 e. The van der Waals surface area contributed by atoms with Crippen LogP contribution in [-0.4, -0.2) is 10.5 Å². The van der Waals surface area contributed by atoms with Crippen LogP contribution >= 0.6 is 23.2 Å². The molecule has 3 rings (SSSR count). The van der Waals surface area contributed by atoms with E-state index in [0.29, 0.717) is 15.6 Å². The molecule has 4 nitrogen and oxygen atoms in total. The van der Waals surface area contributed by atoms with Gasteiger partial charge in [0, 0.05) is 34.2 Å². The fraction of sp³-hybridized carbons (Fsp3) is 0.111. The number of benzene rings is 2. The van der Waals surface area contributed by atoms with E-state index in [9.17, 15) is 14.0 Å². The van der Waals surface area contributed by atoms with Gasteiger partial charge >= 0.3 is 0 Å². The van der Waals surface area contributed by atoms with Gasteiger partial charge in [-0.25, -0.2) is 4.39 Å². The summed E-state index contributed by atoms with van der Waals surface area (Å²) in [7, 11) is 0. The van der Waals surface area contributed by atoms with E-state index in [0.717, 1.165) is 5.56 Å². The highest BCUT2D eigenvalue weighted by Gasteiger charge is 2.09. The number of hydrogen-bond acceptors (Lipinski definition) is 2. The van der Waals surface area contributed by atoms with Crippen molar-refractivity contribution < 1.29 is 9.18 Å². The molecule has 1 aromatic heterocycles. The maximum atomic E-state index is 13.3. The number of carbonyl (C=O) groups is 1. The molecule has 0 saturated carbocycles. The average molecular weight is 379 g/mol. The average Bonchev–Trinajstić information content (AvgIpc) is 2.57.